The maximum Gasteiger partial charge on any atom is 0.274 e. The standard InChI is InChI=1S/C18H23N5O.2ClH/c19-15-6-7-22(12-15)18(24)17-10-16-13-21(8-9-23(16)20-17)11-14-4-2-1-3-5-14;;/h1-5,10,15H,6-9,11-13,19H2;2*1H. The van der Waals surface area contributed by atoms with Crippen molar-refractivity contribution in [1.29, 1.82) is 0 Å². The Morgan fingerprint density at radius 1 is 1.15 bits per heavy atom. The van der Waals surface area contributed by atoms with Gasteiger partial charge < -0.3 is 10.6 Å². The average molecular weight is 398 g/mol. The molecule has 0 spiro atoms. The number of benzene rings is 1. The van der Waals surface area contributed by atoms with Gasteiger partial charge in [-0.05, 0) is 18.1 Å². The van der Waals surface area contributed by atoms with Gasteiger partial charge in [-0.15, -0.1) is 24.8 Å². The van der Waals surface area contributed by atoms with E-state index in [2.05, 4.69) is 34.3 Å². The number of nitrogens with zero attached hydrogens (tertiary/aromatic N) is 4. The van der Waals surface area contributed by atoms with Gasteiger partial charge in [0.1, 0.15) is 0 Å². The Kier molecular flexibility index (Phi) is 7.06. The van der Waals surface area contributed by atoms with Crippen LogP contribution >= 0.6 is 24.8 Å². The summed E-state index contributed by atoms with van der Waals surface area (Å²) in [6.07, 6.45) is 0.879. The number of hydrogen-bond acceptors (Lipinski definition) is 4. The molecule has 1 amide bonds. The van der Waals surface area contributed by atoms with Gasteiger partial charge in [0.05, 0.1) is 12.2 Å². The third-order valence-electron chi connectivity index (χ3n) is 4.86. The summed E-state index contributed by atoms with van der Waals surface area (Å²) in [5.74, 6) is 0.0134. The van der Waals surface area contributed by atoms with Crippen LogP contribution in [0, 0.1) is 0 Å². The molecule has 142 valence electrons. The smallest absolute Gasteiger partial charge is 0.274 e. The van der Waals surface area contributed by atoms with Crippen LogP contribution in [0.4, 0.5) is 0 Å². The van der Waals surface area contributed by atoms with Gasteiger partial charge in [0, 0.05) is 38.8 Å². The normalized spacial score (nSPS) is 19.4. The molecular weight excluding hydrogens is 373 g/mol. The number of hydrogen-bond donors (Lipinski definition) is 1. The summed E-state index contributed by atoms with van der Waals surface area (Å²) in [4.78, 5) is 16.8. The van der Waals surface area contributed by atoms with Crippen molar-refractivity contribution in [2.75, 3.05) is 19.6 Å². The molecule has 2 aliphatic heterocycles. The lowest BCUT2D eigenvalue weighted by Gasteiger charge is -2.27. The molecule has 0 saturated carbocycles. The number of likely N-dealkylation sites (tertiary alicyclic amines) is 1. The maximum absolute atomic E-state index is 12.6. The van der Waals surface area contributed by atoms with Gasteiger partial charge in [-0.2, -0.15) is 5.10 Å². The molecule has 0 radical (unpaired) electrons. The second kappa shape index (κ2) is 8.86. The molecule has 1 atom stereocenters. The van der Waals surface area contributed by atoms with Crippen molar-refractivity contribution < 1.29 is 4.79 Å². The summed E-state index contributed by atoms with van der Waals surface area (Å²) in [6.45, 7) is 4.91. The Labute approximate surface area is 166 Å². The van der Waals surface area contributed by atoms with E-state index in [9.17, 15) is 4.79 Å². The Morgan fingerprint density at radius 3 is 2.62 bits per heavy atom. The molecule has 1 aromatic heterocycles. The highest BCUT2D eigenvalue weighted by atomic mass is 35.5. The summed E-state index contributed by atoms with van der Waals surface area (Å²) in [5, 5.41) is 4.52. The van der Waals surface area contributed by atoms with Crippen molar-refractivity contribution in [2.45, 2.75) is 32.1 Å². The highest BCUT2D eigenvalue weighted by Gasteiger charge is 2.28. The summed E-state index contributed by atoms with van der Waals surface area (Å²) in [6, 6.07) is 12.5. The fourth-order valence-corrected chi connectivity index (χ4v) is 3.54. The molecule has 1 fully saturated rings. The first-order chi connectivity index (χ1) is 11.7. The summed E-state index contributed by atoms with van der Waals surface area (Å²) >= 11 is 0. The van der Waals surface area contributed by atoms with Gasteiger partial charge in [-0.3, -0.25) is 14.4 Å². The monoisotopic (exact) mass is 397 g/mol. The van der Waals surface area contributed by atoms with Gasteiger partial charge >= 0.3 is 0 Å². The second-order valence-electron chi connectivity index (χ2n) is 6.74. The lowest BCUT2D eigenvalue weighted by atomic mass is 10.2. The van der Waals surface area contributed by atoms with Crippen LogP contribution in [0.2, 0.25) is 0 Å². The number of rotatable bonds is 3. The number of carbonyl (C=O) groups excluding carboxylic acids is 1. The zero-order chi connectivity index (χ0) is 16.5. The highest BCUT2D eigenvalue weighted by Crippen LogP contribution is 2.18. The molecule has 1 saturated heterocycles. The van der Waals surface area contributed by atoms with Crippen LogP contribution in [0.1, 0.15) is 28.2 Å². The molecule has 1 aromatic carbocycles. The molecule has 8 heteroatoms. The van der Waals surface area contributed by atoms with E-state index in [-0.39, 0.29) is 36.8 Å². The van der Waals surface area contributed by atoms with Crippen LogP contribution in [0.25, 0.3) is 0 Å². The van der Waals surface area contributed by atoms with Gasteiger partial charge in [0.15, 0.2) is 5.69 Å². The van der Waals surface area contributed by atoms with E-state index < -0.39 is 0 Å². The molecule has 26 heavy (non-hydrogen) atoms. The van der Waals surface area contributed by atoms with Crippen molar-refractivity contribution in [3.05, 3.63) is 53.3 Å². The quantitative estimate of drug-likeness (QED) is 0.858. The molecule has 4 rings (SSSR count). The van der Waals surface area contributed by atoms with Crippen molar-refractivity contribution in [1.82, 2.24) is 19.6 Å². The number of halogens is 2. The molecule has 2 N–H and O–H groups in total. The van der Waals surface area contributed by atoms with Crippen LogP contribution < -0.4 is 5.73 Å². The van der Waals surface area contributed by atoms with E-state index in [1.807, 2.05) is 21.7 Å². The van der Waals surface area contributed by atoms with E-state index in [0.717, 1.165) is 44.8 Å². The molecule has 2 aliphatic rings. The minimum Gasteiger partial charge on any atom is -0.336 e. The van der Waals surface area contributed by atoms with E-state index in [1.54, 1.807) is 0 Å². The van der Waals surface area contributed by atoms with Gasteiger partial charge in [-0.1, -0.05) is 30.3 Å². The van der Waals surface area contributed by atoms with Gasteiger partial charge in [0.25, 0.3) is 5.91 Å². The predicted octanol–water partition coefficient (Wildman–Crippen LogP) is 1.92. The number of aromatic nitrogens is 2. The maximum atomic E-state index is 12.6. The van der Waals surface area contributed by atoms with Gasteiger partial charge in [0.2, 0.25) is 0 Å². The molecule has 6 nitrogen and oxygen atoms in total. The molecule has 0 bridgehead atoms. The van der Waals surface area contributed by atoms with Crippen LogP contribution in [0.3, 0.4) is 0 Å². The molecule has 2 aromatic rings. The lowest BCUT2D eigenvalue weighted by Crippen LogP contribution is -2.33. The van der Waals surface area contributed by atoms with E-state index in [4.69, 9.17) is 5.73 Å². The lowest BCUT2D eigenvalue weighted by molar-refractivity contribution is 0.0784. The zero-order valence-electron chi connectivity index (χ0n) is 14.6. The minimum absolute atomic E-state index is 0. The van der Waals surface area contributed by atoms with Crippen LogP contribution in [-0.4, -0.2) is 51.2 Å². The number of nitrogens with two attached hydrogens (primary N) is 1. The highest BCUT2D eigenvalue weighted by molar-refractivity contribution is 5.92. The molecule has 1 unspecified atom stereocenters. The third-order valence-corrected chi connectivity index (χ3v) is 4.86. The number of carbonyl (C=O) groups is 1. The van der Waals surface area contributed by atoms with E-state index >= 15 is 0 Å². The van der Waals surface area contributed by atoms with Crippen LogP contribution in [0.15, 0.2) is 36.4 Å². The Bertz CT molecular complexity index is 736. The number of amides is 1. The Balaban J connectivity index is 0.00000121. The summed E-state index contributed by atoms with van der Waals surface area (Å²) < 4.78 is 1.98. The van der Waals surface area contributed by atoms with Crippen LogP contribution in [0.5, 0.6) is 0 Å². The zero-order valence-corrected chi connectivity index (χ0v) is 16.2. The van der Waals surface area contributed by atoms with Crippen molar-refractivity contribution >= 4 is 30.7 Å². The predicted molar refractivity (Wildman–Crippen MR) is 106 cm³/mol. The topological polar surface area (TPSA) is 67.4 Å². The fourth-order valence-electron chi connectivity index (χ4n) is 3.54. The van der Waals surface area contributed by atoms with E-state index in [1.165, 1.54) is 5.56 Å². The minimum atomic E-state index is 0. The van der Waals surface area contributed by atoms with Crippen molar-refractivity contribution in [3.63, 3.8) is 0 Å². The first kappa shape index (κ1) is 20.7. The third kappa shape index (κ3) is 4.38. The van der Waals surface area contributed by atoms with Gasteiger partial charge in [-0.25, -0.2) is 0 Å². The summed E-state index contributed by atoms with van der Waals surface area (Å²) in [7, 11) is 0. The first-order valence-electron chi connectivity index (χ1n) is 8.57. The molecular formula is C18H25Cl2N5O. The number of fused-ring (bicyclic) bond motifs is 1. The largest absolute Gasteiger partial charge is 0.336 e. The second-order valence-corrected chi connectivity index (χ2v) is 6.74. The molecule has 3 heterocycles. The van der Waals surface area contributed by atoms with E-state index in [0.29, 0.717) is 12.2 Å². The Morgan fingerprint density at radius 2 is 1.92 bits per heavy atom. The Hall–Kier alpha value is -1.60. The first-order valence-corrected chi connectivity index (χ1v) is 8.57. The average Bonchev–Trinajstić information content (AvgIpc) is 3.21. The SMILES string of the molecule is Cl.Cl.NC1CCN(C(=O)c2cc3n(n2)CCN(Cc2ccccc2)C3)C1. The van der Waals surface area contributed by atoms with Crippen LogP contribution in [-0.2, 0) is 19.6 Å². The summed E-state index contributed by atoms with van der Waals surface area (Å²) in [5.41, 5.74) is 8.89. The van der Waals surface area contributed by atoms with Crippen molar-refractivity contribution in [2.24, 2.45) is 5.73 Å². The molecule has 0 aliphatic carbocycles. The van der Waals surface area contributed by atoms with Crippen molar-refractivity contribution in [3.8, 4) is 0 Å². The fraction of sp³-hybridized carbons (Fsp3) is 0.444.